The third kappa shape index (κ3) is 4.18. The van der Waals surface area contributed by atoms with Crippen molar-refractivity contribution in [3.63, 3.8) is 0 Å². The van der Waals surface area contributed by atoms with E-state index in [-0.39, 0.29) is 0 Å². The molecule has 19 heavy (non-hydrogen) atoms. The fourth-order valence-electron chi connectivity index (χ4n) is 2.18. The van der Waals surface area contributed by atoms with E-state index in [1.54, 1.807) is 0 Å². The molecule has 4 heteroatoms. The van der Waals surface area contributed by atoms with E-state index < -0.39 is 0 Å². The molecule has 0 spiro atoms. The highest BCUT2D eigenvalue weighted by Gasteiger charge is 2.17. The molecule has 1 atom stereocenters. The quantitative estimate of drug-likeness (QED) is 0.856. The van der Waals surface area contributed by atoms with E-state index in [4.69, 9.17) is 9.47 Å². The Morgan fingerprint density at radius 1 is 1.47 bits per heavy atom. The van der Waals surface area contributed by atoms with Crippen LogP contribution in [0.15, 0.2) is 12.1 Å². The Morgan fingerprint density at radius 3 is 2.95 bits per heavy atom. The number of nitrogens with zero attached hydrogens (tertiary/aromatic N) is 1. The Kier molecular flexibility index (Phi) is 5.16. The topological polar surface area (TPSA) is 43.4 Å². The van der Waals surface area contributed by atoms with E-state index in [0.29, 0.717) is 18.4 Å². The lowest BCUT2D eigenvalue weighted by Gasteiger charge is -2.13. The third-order valence-electron chi connectivity index (χ3n) is 3.34. The van der Waals surface area contributed by atoms with Crippen molar-refractivity contribution in [1.82, 2.24) is 10.3 Å². The molecule has 2 rings (SSSR count). The number of hydrogen-bond acceptors (Lipinski definition) is 4. The van der Waals surface area contributed by atoms with Gasteiger partial charge in [-0.05, 0) is 31.0 Å². The number of aromatic nitrogens is 1. The van der Waals surface area contributed by atoms with Crippen LogP contribution in [0.2, 0.25) is 0 Å². The number of hydrogen-bond donors (Lipinski definition) is 1. The highest BCUT2D eigenvalue weighted by Crippen LogP contribution is 2.20. The van der Waals surface area contributed by atoms with Crippen molar-refractivity contribution in [3.05, 3.63) is 23.4 Å². The second-order valence-corrected chi connectivity index (χ2v) is 5.46. The van der Waals surface area contributed by atoms with E-state index in [9.17, 15) is 0 Å². The fourth-order valence-corrected chi connectivity index (χ4v) is 2.18. The summed E-state index contributed by atoms with van der Waals surface area (Å²) in [6.07, 6.45) is 1.09. The summed E-state index contributed by atoms with van der Waals surface area (Å²) in [4.78, 5) is 4.59. The first-order valence-electron chi connectivity index (χ1n) is 7.05. The highest BCUT2D eigenvalue weighted by atomic mass is 16.5. The highest BCUT2D eigenvalue weighted by molar-refractivity contribution is 5.26. The van der Waals surface area contributed by atoms with Gasteiger partial charge in [-0.2, -0.15) is 0 Å². The number of rotatable bonds is 6. The van der Waals surface area contributed by atoms with E-state index in [1.807, 2.05) is 13.1 Å². The molecule has 106 valence electrons. The molecule has 1 unspecified atom stereocenters. The zero-order valence-corrected chi connectivity index (χ0v) is 12.1. The molecule has 1 aromatic rings. The van der Waals surface area contributed by atoms with Crippen LogP contribution >= 0.6 is 0 Å². The molecule has 1 aromatic heterocycles. The van der Waals surface area contributed by atoms with Crippen molar-refractivity contribution in [1.29, 1.82) is 0 Å². The normalized spacial score (nSPS) is 19.1. The van der Waals surface area contributed by atoms with Gasteiger partial charge in [0.05, 0.1) is 13.2 Å². The van der Waals surface area contributed by atoms with Crippen molar-refractivity contribution >= 4 is 0 Å². The molecule has 0 radical (unpaired) electrons. The van der Waals surface area contributed by atoms with Crippen LogP contribution in [0.5, 0.6) is 5.88 Å². The number of pyridine rings is 1. The summed E-state index contributed by atoms with van der Waals surface area (Å²) in [6.45, 7) is 7.52. The van der Waals surface area contributed by atoms with Gasteiger partial charge in [0.1, 0.15) is 0 Å². The lowest BCUT2D eigenvalue weighted by molar-refractivity contribution is 0.165. The molecule has 0 saturated carbocycles. The molecule has 0 amide bonds. The van der Waals surface area contributed by atoms with Crippen LogP contribution in [-0.4, -0.2) is 31.9 Å². The summed E-state index contributed by atoms with van der Waals surface area (Å²) in [6, 6.07) is 4.17. The van der Waals surface area contributed by atoms with Gasteiger partial charge in [-0.1, -0.05) is 13.8 Å². The maximum atomic E-state index is 5.85. The molecule has 4 nitrogen and oxygen atoms in total. The molecular weight excluding hydrogens is 240 g/mol. The number of ether oxygens (including phenoxy) is 2. The summed E-state index contributed by atoms with van der Waals surface area (Å²) in [5.74, 6) is 1.66. The van der Waals surface area contributed by atoms with Crippen LogP contribution in [0.1, 0.15) is 37.4 Å². The molecule has 0 aliphatic carbocycles. The van der Waals surface area contributed by atoms with Gasteiger partial charge in [-0.25, -0.2) is 4.98 Å². The average molecular weight is 264 g/mol. The Morgan fingerprint density at radius 2 is 2.32 bits per heavy atom. The second-order valence-electron chi connectivity index (χ2n) is 5.46. The van der Waals surface area contributed by atoms with Gasteiger partial charge in [-0.3, -0.25) is 0 Å². The van der Waals surface area contributed by atoms with Gasteiger partial charge in [0.2, 0.25) is 5.88 Å². The Balaban J connectivity index is 2.04. The Bertz CT molecular complexity index is 401. The third-order valence-corrected chi connectivity index (χ3v) is 3.34. The summed E-state index contributed by atoms with van der Waals surface area (Å²) in [7, 11) is 1.95. The van der Waals surface area contributed by atoms with E-state index in [0.717, 1.165) is 37.8 Å². The van der Waals surface area contributed by atoms with Gasteiger partial charge in [-0.15, -0.1) is 0 Å². The Hall–Kier alpha value is -1.13. The van der Waals surface area contributed by atoms with Crippen molar-refractivity contribution in [2.45, 2.75) is 32.7 Å². The maximum absolute atomic E-state index is 5.85. The molecule has 1 fully saturated rings. The van der Waals surface area contributed by atoms with Crippen molar-refractivity contribution in [2.24, 2.45) is 5.92 Å². The predicted octanol–water partition coefficient (Wildman–Crippen LogP) is 2.34. The SMILES string of the molecule is CNCc1cc(OCC2CCOC2)nc(C(C)C)c1. The van der Waals surface area contributed by atoms with Crippen molar-refractivity contribution < 1.29 is 9.47 Å². The molecule has 1 aliphatic heterocycles. The number of nitrogens with one attached hydrogen (secondary N) is 1. The van der Waals surface area contributed by atoms with Gasteiger partial charge in [0, 0.05) is 30.8 Å². The monoisotopic (exact) mass is 264 g/mol. The standard InChI is InChI=1S/C15H24N2O2/c1-11(2)14-6-13(8-16-3)7-15(17-14)19-10-12-4-5-18-9-12/h6-7,11-12,16H,4-5,8-10H2,1-3H3. The minimum atomic E-state index is 0.411. The van der Waals surface area contributed by atoms with Gasteiger partial charge >= 0.3 is 0 Å². The zero-order chi connectivity index (χ0) is 13.7. The van der Waals surface area contributed by atoms with Gasteiger partial charge < -0.3 is 14.8 Å². The molecule has 1 saturated heterocycles. The van der Waals surface area contributed by atoms with E-state index in [1.165, 1.54) is 5.56 Å². The molecular formula is C15H24N2O2. The van der Waals surface area contributed by atoms with Gasteiger partial charge in [0.25, 0.3) is 0 Å². The first kappa shape index (κ1) is 14.3. The minimum absolute atomic E-state index is 0.411. The molecule has 1 N–H and O–H groups in total. The van der Waals surface area contributed by atoms with Crippen LogP contribution in [0, 0.1) is 5.92 Å². The van der Waals surface area contributed by atoms with Crippen LogP contribution in [0.25, 0.3) is 0 Å². The van der Waals surface area contributed by atoms with Crippen molar-refractivity contribution in [3.8, 4) is 5.88 Å². The smallest absolute Gasteiger partial charge is 0.213 e. The molecule has 0 aromatic carbocycles. The van der Waals surface area contributed by atoms with Crippen LogP contribution in [-0.2, 0) is 11.3 Å². The molecule has 0 bridgehead atoms. The van der Waals surface area contributed by atoms with Crippen LogP contribution in [0.4, 0.5) is 0 Å². The lowest BCUT2D eigenvalue weighted by atomic mass is 10.1. The van der Waals surface area contributed by atoms with Crippen LogP contribution in [0.3, 0.4) is 0 Å². The molecule has 1 aliphatic rings. The molecule has 2 heterocycles. The largest absolute Gasteiger partial charge is 0.477 e. The minimum Gasteiger partial charge on any atom is -0.477 e. The second kappa shape index (κ2) is 6.87. The van der Waals surface area contributed by atoms with E-state index in [2.05, 4.69) is 30.2 Å². The first-order chi connectivity index (χ1) is 9.19. The Labute approximate surface area is 115 Å². The van der Waals surface area contributed by atoms with Crippen molar-refractivity contribution in [2.75, 3.05) is 26.9 Å². The summed E-state index contributed by atoms with van der Waals surface area (Å²) >= 11 is 0. The summed E-state index contributed by atoms with van der Waals surface area (Å²) in [5, 5.41) is 3.17. The summed E-state index contributed by atoms with van der Waals surface area (Å²) < 4.78 is 11.2. The average Bonchev–Trinajstić information content (AvgIpc) is 2.89. The van der Waals surface area contributed by atoms with Crippen LogP contribution < -0.4 is 10.1 Å². The zero-order valence-electron chi connectivity index (χ0n) is 12.1. The predicted molar refractivity (Wildman–Crippen MR) is 75.5 cm³/mol. The maximum Gasteiger partial charge on any atom is 0.213 e. The fraction of sp³-hybridized carbons (Fsp3) is 0.667. The summed E-state index contributed by atoms with van der Waals surface area (Å²) in [5.41, 5.74) is 2.31. The van der Waals surface area contributed by atoms with E-state index >= 15 is 0 Å². The first-order valence-corrected chi connectivity index (χ1v) is 7.05. The van der Waals surface area contributed by atoms with Gasteiger partial charge in [0.15, 0.2) is 0 Å². The lowest BCUT2D eigenvalue weighted by Crippen LogP contribution is -2.13.